The minimum atomic E-state index is -1.08. The van der Waals surface area contributed by atoms with E-state index in [1.807, 2.05) is 0 Å². The number of hydrogen-bond donors (Lipinski definition) is 3. The molecule has 2 rings (SSSR count). The van der Waals surface area contributed by atoms with E-state index in [9.17, 15) is 14.0 Å². The third-order valence-corrected chi connectivity index (χ3v) is 2.47. The van der Waals surface area contributed by atoms with Gasteiger partial charge in [-0.3, -0.25) is 0 Å². The number of nitrogens with one attached hydrogen (secondary N) is 2. The van der Waals surface area contributed by atoms with Gasteiger partial charge in [-0.05, 0) is 42.5 Å². The van der Waals surface area contributed by atoms with Gasteiger partial charge in [0.15, 0.2) is 0 Å². The number of hydrogen-bond acceptors (Lipinski definition) is 2. The van der Waals surface area contributed by atoms with Crippen LogP contribution in [0.3, 0.4) is 0 Å². The molecule has 2 aromatic carbocycles. The van der Waals surface area contributed by atoms with Gasteiger partial charge in [0.2, 0.25) is 0 Å². The molecule has 102 valence electrons. The highest BCUT2D eigenvalue weighted by Crippen LogP contribution is 2.12. The lowest BCUT2D eigenvalue weighted by Gasteiger charge is -2.08. The molecule has 0 radical (unpaired) electrons. The summed E-state index contributed by atoms with van der Waals surface area (Å²) in [6.45, 7) is 0. The monoisotopic (exact) mass is 274 g/mol. The Morgan fingerprint density at radius 1 is 0.950 bits per heavy atom. The fraction of sp³-hybridized carbons (Fsp3) is 0. The Labute approximate surface area is 114 Å². The third-order valence-electron chi connectivity index (χ3n) is 2.47. The van der Waals surface area contributed by atoms with Crippen LogP contribution in [-0.2, 0) is 0 Å². The number of carboxylic acids is 1. The van der Waals surface area contributed by atoms with Crippen LogP contribution in [0.1, 0.15) is 10.4 Å². The molecule has 0 heterocycles. The molecule has 20 heavy (non-hydrogen) atoms. The van der Waals surface area contributed by atoms with E-state index in [-0.39, 0.29) is 5.56 Å². The average Bonchev–Trinajstić information content (AvgIpc) is 2.41. The van der Waals surface area contributed by atoms with E-state index >= 15 is 0 Å². The average molecular weight is 274 g/mol. The normalized spacial score (nSPS) is 9.85. The van der Waals surface area contributed by atoms with Crippen LogP contribution in [0.2, 0.25) is 0 Å². The van der Waals surface area contributed by atoms with Crippen molar-refractivity contribution in [1.82, 2.24) is 0 Å². The van der Waals surface area contributed by atoms with Gasteiger partial charge in [0.1, 0.15) is 5.82 Å². The van der Waals surface area contributed by atoms with Crippen molar-refractivity contribution in [2.75, 3.05) is 10.6 Å². The minimum Gasteiger partial charge on any atom is -0.478 e. The van der Waals surface area contributed by atoms with Crippen LogP contribution in [-0.4, -0.2) is 17.1 Å². The van der Waals surface area contributed by atoms with Crippen LogP contribution in [0.5, 0.6) is 0 Å². The number of amides is 2. The summed E-state index contributed by atoms with van der Waals surface area (Å²) in [6, 6.07) is 10.6. The van der Waals surface area contributed by atoms with Gasteiger partial charge in [-0.1, -0.05) is 6.07 Å². The lowest BCUT2D eigenvalue weighted by atomic mass is 10.2. The summed E-state index contributed by atoms with van der Waals surface area (Å²) < 4.78 is 12.7. The molecule has 0 atom stereocenters. The van der Waals surface area contributed by atoms with Crippen LogP contribution < -0.4 is 10.6 Å². The molecular weight excluding hydrogens is 263 g/mol. The fourth-order valence-corrected chi connectivity index (χ4v) is 1.56. The van der Waals surface area contributed by atoms with Crippen molar-refractivity contribution < 1.29 is 19.1 Å². The molecule has 0 saturated heterocycles. The topological polar surface area (TPSA) is 78.4 Å². The highest BCUT2D eigenvalue weighted by molar-refractivity contribution is 6.00. The van der Waals surface area contributed by atoms with E-state index in [0.717, 1.165) is 0 Å². The maximum absolute atomic E-state index is 12.7. The first-order valence-electron chi connectivity index (χ1n) is 5.71. The number of carboxylic acid groups (broad SMARTS) is 1. The number of rotatable bonds is 3. The zero-order valence-corrected chi connectivity index (χ0v) is 10.3. The predicted molar refractivity (Wildman–Crippen MR) is 72.4 cm³/mol. The Hall–Kier alpha value is -2.89. The van der Waals surface area contributed by atoms with Gasteiger partial charge in [-0.15, -0.1) is 0 Å². The number of aromatic carboxylic acids is 1. The number of carbonyl (C=O) groups excluding carboxylic acids is 1. The lowest BCUT2D eigenvalue weighted by Crippen LogP contribution is -2.19. The zero-order chi connectivity index (χ0) is 14.5. The van der Waals surface area contributed by atoms with E-state index in [1.165, 1.54) is 42.5 Å². The molecule has 2 aromatic rings. The Morgan fingerprint density at radius 3 is 2.25 bits per heavy atom. The van der Waals surface area contributed by atoms with Crippen molar-refractivity contribution in [2.45, 2.75) is 0 Å². The molecule has 0 saturated carbocycles. The first kappa shape index (κ1) is 13.5. The molecule has 0 spiro atoms. The Bertz CT molecular complexity index is 641. The summed E-state index contributed by atoms with van der Waals surface area (Å²) in [5.74, 6) is -1.47. The quantitative estimate of drug-likeness (QED) is 0.804. The number of urea groups is 1. The van der Waals surface area contributed by atoms with Crippen molar-refractivity contribution in [3.05, 3.63) is 59.9 Å². The lowest BCUT2D eigenvalue weighted by molar-refractivity contribution is 0.0697. The Kier molecular flexibility index (Phi) is 3.95. The molecular formula is C14H11FN2O3. The molecule has 2 amide bonds. The maximum atomic E-state index is 12.7. The predicted octanol–water partition coefficient (Wildman–Crippen LogP) is 3.17. The number of benzene rings is 2. The molecule has 0 aliphatic carbocycles. The minimum absolute atomic E-state index is 0.0737. The summed E-state index contributed by atoms with van der Waals surface area (Å²) in [5.41, 5.74) is 0.854. The van der Waals surface area contributed by atoms with E-state index in [2.05, 4.69) is 10.6 Å². The largest absolute Gasteiger partial charge is 0.478 e. The van der Waals surface area contributed by atoms with Crippen LogP contribution in [0, 0.1) is 5.82 Å². The van der Waals surface area contributed by atoms with Gasteiger partial charge in [-0.25, -0.2) is 14.0 Å². The fourth-order valence-electron chi connectivity index (χ4n) is 1.56. The van der Waals surface area contributed by atoms with E-state index in [4.69, 9.17) is 5.11 Å². The van der Waals surface area contributed by atoms with E-state index < -0.39 is 17.8 Å². The van der Waals surface area contributed by atoms with Crippen molar-refractivity contribution in [1.29, 1.82) is 0 Å². The van der Waals surface area contributed by atoms with Gasteiger partial charge in [0, 0.05) is 11.4 Å². The number of anilines is 2. The zero-order valence-electron chi connectivity index (χ0n) is 10.3. The van der Waals surface area contributed by atoms with Gasteiger partial charge >= 0.3 is 12.0 Å². The summed E-state index contributed by atoms with van der Waals surface area (Å²) in [4.78, 5) is 22.5. The van der Waals surface area contributed by atoms with Crippen molar-refractivity contribution in [2.24, 2.45) is 0 Å². The smallest absolute Gasteiger partial charge is 0.335 e. The summed E-state index contributed by atoms with van der Waals surface area (Å²) in [7, 11) is 0. The van der Waals surface area contributed by atoms with Crippen LogP contribution in [0.15, 0.2) is 48.5 Å². The van der Waals surface area contributed by atoms with Gasteiger partial charge in [-0.2, -0.15) is 0 Å². The van der Waals surface area contributed by atoms with Crippen LogP contribution in [0.25, 0.3) is 0 Å². The Balaban J connectivity index is 2.02. The molecule has 0 aliphatic heterocycles. The van der Waals surface area contributed by atoms with Crippen LogP contribution >= 0.6 is 0 Å². The second-order valence-electron chi connectivity index (χ2n) is 3.97. The summed E-state index contributed by atoms with van der Waals surface area (Å²) >= 11 is 0. The molecule has 0 aromatic heterocycles. The molecule has 0 bridgehead atoms. The molecule has 3 N–H and O–H groups in total. The third kappa shape index (κ3) is 3.55. The maximum Gasteiger partial charge on any atom is 0.335 e. The molecule has 5 nitrogen and oxygen atoms in total. The number of halogens is 1. The molecule has 0 fully saturated rings. The second kappa shape index (κ2) is 5.83. The van der Waals surface area contributed by atoms with Gasteiger partial charge in [0.05, 0.1) is 5.56 Å². The molecule has 0 aliphatic rings. The van der Waals surface area contributed by atoms with Crippen molar-refractivity contribution >= 4 is 23.4 Å². The van der Waals surface area contributed by atoms with E-state index in [0.29, 0.717) is 11.4 Å². The van der Waals surface area contributed by atoms with Gasteiger partial charge < -0.3 is 15.7 Å². The highest BCUT2D eigenvalue weighted by Gasteiger charge is 2.06. The molecule has 0 unspecified atom stereocenters. The summed E-state index contributed by atoms with van der Waals surface area (Å²) in [6.07, 6.45) is 0. The first-order valence-corrected chi connectivity index (χ1v) is 5.71. The SMILES string of the molecule is O=C(Nc1ccc(F)cc1)Nc1cccc(C(=O)O)c1. The highest BCUT2D eigenvalue weighted by atomic mass is 19.1. The van der Waals surface area contributed by atoms with Crippen molar-refractivity contribution in [3.8, 4) is 0 Å². The van der Waals surface area contributed by atoms with Crippen LogP contribution in [0.4, 0.5) is 20.6 Å². The second-order valence-corrected chi connectivity index (χ2v) is 3.97. The standard InChI is InChI=1S/C14H11FN2O3/c15-10-4-6-11(7-5-10)16-14(20)17-12-3-1-2-9(8-12)13(18)19/h1-8H,(H,18,19)(H2,16,17,20). The van der Waals surface area contributed by atoms with E-state index in [1.54, 1.807) is 6.07 Å². The summed E-state index contributed by atoms with van der Waals surface area (Å²) in [5, 5.41) is 13.8. The number of carbonyl (C=O) groups is 2. The first-order chi connectivity index (χ1) is 9.54. The Morgan fingerprint density at radius 2 is 1.60 bits per heavy atom. The van der Waals surface area contributed by atoms with Gasteiger partial charge in [0.25, 0.3) is 0 Å². The van der Waals surface area contributed by atoms with Crippen molar-refractivity contribution in [3.63, 3.8) is 0 Å². The molecule has 6 heteroatoms.